The smallest absolute Gasteiger partial charge is 0.338 e. The summed E-state index contributed by atoms with van der Waals surface area (Å²) in [6.07, 6.45) is 2.57. The van der Waals surface area contributed by atoms with Gasteiger partial charge in [-0.1, -0.05) is 11.6 Å². The van der Waals surface area contributed by atoms with Crippen LogP contribution in [0.4, 0.5) is 11.4 Å². The second-order valence-corrected chi connectivity index (χ2v) is 7.41. The van der Waals surface area contributed by atoms with Crippen LogP contribution in [0.1, 0.15) is 39.3 Å². The number of ketones is 1. The molecule has 11 heteroatoms. The predicted molar refractivity (Wildman–Crippen MR) is 116 cm³/mol. The highest BCUT2D eigenvalue weighted by Gasteiger charge is 2.21. The Hall–Kier alpha value is -4.18. The van der Waals surface area contributed by atoms with Crippen LogP contribution in [0.5, 0.6) is 0 Å². The van der Waals surface area contributed by atoms with Gasteiger partial charge in [-0.15, -0.1) is 0 Å². The lowest BCUT2D eigenvalue weighted by molar-refractivity contribution is -0.683. The Balaban J connectivity index is 1.70. The van der Waals surface area contributed by atoms with Gasteiger partial charge < -0.3 is 4.74 Å². The molecule has 3 aromatic rings. The van der Waals surface area contributed by atoms with E-state index in [9.17, 15) is 29.8 Å². The van der Waals surface area contributed by atoms with Crippen LogP contribution in [0, 0.1) is 20.2 Å². The number of Topliss-reactive ketones (excluding diaryl/α,β-unsaturated/α-hetero) is 1. The van der Waals surface area contributed by atoms with Crippen molar-refractivity contribution in [2.45, 2.75) is 19.6 Å². The highest BCUT2D eigenvalue weighted by Crippen LogP contribution is 2.26. The lowest BCUT2D eigenvalue weighted by atomic mass is 10.1. The highest BCUT2D eigenvalue weighted by atomic mass is 35.5. The molecule has 168 valence electrons. The zero-order valence-electron chi connectivity index (χ0n) is 17.2. The van der Waals surface area contributed by atoms with Crippen molar-refractivity contribution < 1.29 is 28.7 Å². The van der Waals surface area contributed by atoms with Crippen LogP contribution in [0.15, 0.2) is 67.0 Å². The Kier molecular flexibility index (Phi) is 7.09. The molecule has 2 aromatic carbocycles. The molecule has 0 N–H and O–H groups in total. The van der Waals surface area contributed by atoms with E-state index in [1.54, 1.807) is 36.0 Å². The zero-order chi connectivity index (χ0) is 24.1. The Morgan fingerprint density at radius 1 is 1.03 bits per heavy atom. The van der Waals surface area contributed by atoms with Crippen LogP contribution in [0.25, 0.3) is 0 Å². The van der Waals surface area contributed by atoms with Crippen molar-refractivity contribution >= 4 is 34.7 Å². The minimum Gasteiger partial charge on any atom is -0.454 e. The van der Waals surface area contributed by atoms with Gasteiger partial charge in [0.05, 0.1) is 21.0 Å². The van der Waals surface area contributed by atoms with E-state index in [4.69, 9.17) is 16.3 Å². The zero-order valence-corrected chi connectivity index (χ0v) is 18.0. The number of carbonyl (C=O) groups is 2. The van der Waals surface area contributed by atoms with E-state index in [-0.39, 0.29) is 28.6 Å². The normalized spacial score (nSPS) is 11.5. The van der Waals surface area contributed by atoms with Gasteiger partial charge in [0.1, 0.15) is 11.1 Å². The molecule has 0 radical (unpaired) electrons. The molecule has 0 aliphatic carbocycles. The van der Waals surface area contributed by atoms with Gasteiger partial charge in [-0.05, 0) is 37.3 Å². The summed E-state index contributed by atoms with van der Waals surface area (Å²) in [6, 6.07) is 12.3. The average molecular weight is 471 g/mol. The molecule has 0 amide bonds. The van der Waals surface area contributed by atoms with Crippen LogP contribution >= 0.6 is 11.6 Å². The molecule has 0 aliphatic heterocycles. The first-order valence-electron chi connectivity index (χ1n) is 9.57. The fraction of sp³-hybridized carbons (Fsp3) is 0.136. The molecule has 1 aromatic heterocycles. The lowest BCUT2D eigenvalue weighted by Crippen LogP contribution is -2.38. The summed E-state index contributed by atoms with van der Waals surface area (Å²) < 4.78 is 7.00. The van der Waals surface area contributed by atoms with Crippen molar-refractivity contribution in [1.82, 2.24) is 0 Å². The molecule has 0 bridgehead atoms. The number of non-ortho nitro benzene ring substituents is 1. The van der Waals surface area contributed by atoms with Crippen molar-refractivity contribution in [3.05, 3.63) is 109 Å². The number of nitrogens with zero attached hydrogens (tertiary/aromatic N) is 3. The number of esters is 1. The van der Waals surface area contributed by atoms with Crippen LogP contribution in [-0.2, 0) is 11.3 Å². The maximum absolute atomic E-state index is 12.5. The van der Waals surface area contributed by atoms with E-state index in [1.807, 2.05) is 0 Å². The van der Waals surface area contributed by atoms with Gasteiger partial charge in [-0.25, -0.2) is 4.79 Å². The number of ether oxygens (including phenoxy) is 1. The van der Waals surface area contributed by atoms with Crippen molar-refractivity contribution in [2.75, 3.05) is 0 Å². The van der Waals surface area contributed by atoms with Crippen LogP contribution in [0.2, 0.25) is 5.02 Å². The molecule has 1 atom stereocenters. The molecule has 0 fully saturated rings. The van der Waals surface area contributed by atoms with E-state index in [0.29, 0.717) is 11.1 Å². The molecule has 0 saturated carbocycles. The number of hydrogen-bond donors (Lipinski definition) is 0. The fourth-order valence-corrected chi connectivity index (χ4v) is 3.17. The van der Waals surface area contributed by atoms with Crippen molar-refractivity contribution in [3.63, 3.8) is 0 Å². The first-order chi connectivity index (χ1) is 15.7. The summed E-state index contributed by atoms with van der Waals surface area (Å²) in [5.41, 5.74) is 0.382. The number of nitro groups is 2. The van der Waals surface area contributed by atoms with Gasteiger partial charge in [0.2, 0.25) is 12.3 Å². The number of nitro benzene ring substituents is 2. The molecule has 0 aliphatic rings. The maximum atomic E-state index is 12.5. The van der Waals surface area contributed by atoms with Gasteiger partial charge >= 0.3 is 5.97 Å². The van der Waals surface area contributed by atoms with Crippen LogP contribution < -0.4 is 4.57 Å². The Morgan fingerprint density at radius 3 is 2.33 bits per heavy atom. The topological polar surface area (TPSA) is 134 Å². The first-order valence-corrected chi connectivity index (χ1v) is 9.95. The summed E-state index contributed by atoms with van der Waals surface area (Å²) in [5.74, 6) is -1.02. The number of benzene rings is 2. The van der Waals surface area contributed by atoms with Crippen molar-refractivity contribution in [3.8, 4) is 0 Å². The van der Waals surface area contributed by atoms with E-state index in [2.05, 4.69) is 0 Å². The number of aromatic nitrogens is 1. The SMILES string of the molecule is CC(OC(=O)c1ccc(Cl)c([N+](=O)[O-])c1)c1ccc[n+](CC(=O)c2ccc([N+](=O)[O-])cc2)c1. The number of hydrogen-bond acceptors (Lipinski definition) is 7. The average Bonchev–Trinajstić information content (AvgIpc) is 2.79. The predicted octanol–water partition coefficient (Wildman–Crippen LogP) is 4.24. The third-order valence-corrected chi connectivity index (χ3v) is 5.06. The minimum absolute atomic E-state index is 0.0184. The molecule has 3 rings (SSSR count). The largest absolute Gasteiger partial charge is 0.454 e. The van der Waals surface area contributed by atoms with Crippen LogP contribution in [-0.4, -0.2) is 21.6 Å². The second kappa shape index (κ2) is 9.96. The molecule has 33 heavy (non-hydrogen) atoms. The molecular formula is C22H17ClN3O7+. The third-order valence-electron chi connectivity index (χ3n) is 4.74. The van der Waals surface area contributed by atoms with Gasteiger partial charge in [-0.3, -0.25) is 25.0 Å². The summed E-state index contributed by atoms with van der Waals surface area (Å²) in [6.45, 7) is 1.59. The molecular weight excluding hydrogens is 454 g/mol. The monoisotopic (exact) mass is 470 g/mol. The molecule has 0 saturated heterocycles. The quantitative estimate of drug-likeness (QED) is 0.158. The first kappa shape index (κ1) is 23.5. The van der Waals surface area contributed by atoms with E-state index >= 15 is 0 Å². The van der Waals surface area contributed by atoms with Crippen LogP contribution in [0.3, 0.4) is 0 Å². The number of pyridine rings is 1. The Morgan fingerprint density at radius 2 is 1.70 bits per heavy atom. The van der Waals surface area contributed by atoms with E-state index in [1.165, 1.54) is 36.4 Å². The number of carbonyl (C=O) groups excluding carboxylic acids is 2. The fourth-order valence-electron chi connectivity index (χ4n) is 2.98. The lowest BCUT2D eigenvalue weighted by Gasteiger charge is -2.13. The number of halogens is 1. The summed E-state index contributed by atoms with van der Waals surface area (Å²) in [4.78, 5) is 45.5. The van der Waals surface area contributed by atoms with Crippen molar-refractivity contribution in [2.24, 2.45) is 0 Å². The second-order valence-electron chi connectivity index (χ2n) is 7.01. The van der Waals surface area contributed by atoms with Crippen molar-refractivity contribution in [1.29, 1.82) is 0 Å². The minimum atomic E-state index is -0.764. The summed E-state index contributed by atoms with van der Waals surface area (Å²) in [7, 11) is 0. The van der Waals surface area contributed by atoms with Gasteiger partial charge in [0.15, 0.2) is 12.4 Å². The summed E-state index contributed by atoms with van der Waals surface area (Å²) in [5, 5.41) is 21.7. The van der Waals surface area contributed by atoms with E-state index in [0.717, 1.165) is 6.07 Å². The Bertz CT molecular complexity index is 1240. The summed E-state index contributed by atoms with van der Waals surface area (Å²) >= 11 is 5.77. The molecule has 0 spiro atoms. The van der Waals surface area contributed by atoms with Gasteiger partial charge in [0, 0.05) is 29.8 Å². The Labute approximate surface area is 192 Å². The van der Waals surface area contributed by atoms with E-state index < -0.39 is 27.6 Å². The molecule has 1 heterocycles. The third kappa shape index (κ3) is 5.74. The maximum Gasteiger partial charge on any atom is 0.338 e. The number of rotatable bonds is 8. The van der Waals surface area contributed by atoms with Gasteiger partial charge in [0.25, 0.3) is 11.4 Å². The van der Waals surface area contributed by atoms with Gasteiger partial charge in [-0.2, -0.15) is 4.57 Å². The molecule has 10 nitrogen and oxygen atoms in total. The molecule has 1 unspecified atom stereocenters. The highest BCUT2D eigenvalue weighted by molar-refractivity contribution is 6.32. The standard InChI is InChI=1S/C22H17ClN3O7/c1-14(33-22(28)16-6-9-19(23)20(11-16)26(31)32)17-3-2-10-24(12-17)13-21(27)15-4-7-18(8-5-15)25(29)30/h2-12,14H,13H2,1H3/q+1.